The maximum absolute atomic E-state index is 14.5. The number of nitriles is 1. The molecule has 6 nitrogen and oxygen atoms in total. The lowest BCUT2D eigenvalue weighted by molar-refractivity contribution is -0.200. The third-order valence-electron chi connectivity index (χ3n) is 5.04. The monoisotopic (exact) mass is 461 g/mol. The molecule has 0 radical (unpaired) electrons. The fourth-order valence-electron chi connectivity index (χ4n) is 3.33. The quantitative estimate of drug-likeness (QED) is 0.540. The minimum Gasteiger partial charge on any atom is -0.324 e. The molecule has 1 saturated heterocycles. The molecule has 172 valence electrons. The molecule has 0 atom stereocenters. The molecule has 1 amide bonds. The number of carbonyl (C=O) groups is 2. The van der Waals surface area contributed by atoms with Crippen LogP contribution in [0.4, 0.5) is 23.2 Å². The zero-order valence-electron chi connectivity index (χ0n) is 17.5. The van der Waals surface area contributed by atoms with Gasteiger partial charge in [-0.1, -0.05) is 17.7 Å². The highest BCUT2D eigenvalue weighted by Gasteiger charge is 2.44. The van der Waals surface area contributed by atoms with Crippen molar-refractivity contribution in [3.63, 3.8) is 0 Å². The van der Waals surface area contributed by atoms with Gasteiger partial charge in [0.2, 0.25) is 0 Å². The lowest BCUT2D eigenvalue weighted by Gasteiger charge is -2.24. The van der Waals surface area contributed by atoms with Crippen LogP contribution in [0.1, 0.15) is 39.9 Å². The van der Waals surface area contributed by atoms with Gasteiger partial charge in [0, 0.05) is 11.6 Å². The van der Waals surface area contributed by atoms with E-state index in [2.05, 4.69) is 10.2 Å². The minimum absolute atomic E-state index is 0.0650. The predicted molar refractivity (Wildman–Crippen MR) is 111 cm³/mol. The molecule has 33 heavy (non-hydrogen) atoms. The summed E-state index contributed by atoms with van der Waals surface area (Å²) in [5.74, 6) is -4.64. The number of rotatable bonds is 3. The number of hydroxylamine groups is 1. The van der Waals surface area contributed by atoms with Crippen LogP contribution >= 0.6 is 0 Å². The summed E-state index contributed by atoms with van der Waals surface area (Å²) in [5, 5.41) is 12.4. The number of nitrogens with one attached hydrogen (secondary N) is 1. The average Bonchev–Trinajstić information content (AvgIpc) is 2.79. The average molecular weight is 461 g/mol. The summed E-state index contributed by atoms with van der Waals surface area (Å²) < 4.78 is 53.3. The van der Waals surface area contributed by atoms with E-state index in [0.29, 0.717) is 18.4 Å². The van der Waals surface area contributed by atoms with Crippen LogP contribution in [0.5, 0.6) is 0 Å². The fraction of sp³-hybridized carbons (Fsp3) is 0.261. The second-order valence-electron chi connectivity index (χ2n) is 7.36. The van der Waals surface area contributed by atoms with Gasteiger partial charge in [0.25, 0.3) is 5.91 Å². The van der Waals surface area contributed by atoms with Crippen molar-refractivity contribution in [2.45, 2.75) is 25.9 Å². The highest BCUT2D eigenvalue weighted by Crippen LogP contribution is 2.31. The second-order valence-corrected chi connectivity index (χ2v) is 7.36. The Balaban J connectivity index is 2.10. The summed E-state index contributed by atoms with van der Waals surface area (Å²) in [4.78, 5) is 29.1. The molecule has 1 aliphatic rings. The van der Waals surface area contributed by atoms with E-state index in [1.54, 1.807) is 6.08 Å². The van der Waals surface area contributed by atoms with Gasteiger partial charge in [0.15, 0.2) is 0 Å². The first-order chi connectivity index (χ1) is 15.6. The minimum atomic E-state index is -5.39. The standard InChI is InChI=1S/C23H19F4N3O3/c1-14-18(9-15-5-7-29-8-6-15)11-19(24)12-20(14)30(33-22(32)23(25,26)27)21(31)17-4-2-3-16(10-17)13-28/h2-4,9-12,29H,5-8H2,1H3. The Morgan fingerprint density at radius 2 is 1.88 bits per heavy atom. The van der Waals surface area contributed by atoms with E-state index in [1.165, 1.54) is 31.2 Å². The molecule has 1 fully saturated rings. The number of nitrogens with zero attached hydrogens (tertiary/aromatic N) is 2. The summed E-state index contributed by atoms with van der Waals surface area (Å²) in [6.07, 6.45) is -2.27. The lowest BCUT2D eigenvalue weighted by atomic mass is 9.98. The number of anilines is 1. The van der Waals surface area contributed by atoms with Gasteiger partial charge in [-0.25, -0.2) is 9.18 Å². The van der Waals surface area contributed by atoms with Crippen molar-refractivity contribution in [1.29, 1.82) is 5.26 Å². The van der Waals surface area contributed by atoms with E-state index in [4.69, 9.17) is 5.26 Å². The van der Waals surface area contributed by atoms with Crippen LogP contribution in [-0.2, 0) is 9.63 Å². The van der Waals surface area contributed by atoms with Gasteiger partial charge in [0.1, 0.15) is 5.82 Å². The number of carbonyl (C=O) groups excluding carboxylic acids is 2. The Morgan fingerprint density at radius 1 is 1.18 bits per heavy atom. The van der Waals surface area contributed by atoms with E-state index in [0.717, 1.165) is 30.8 Å². The number of benzene rings is 2. The fourth-order valence-corrected chi connectivity index (χ4v) is 3.33. The van der Waals surface area contributed by atoms with Crippen molar-refractivity contribution in [3.8, 4) is 6.07 Å². The maximum Gasteiger partial charge on any atom is 0.493 e. The zero-order chi connectivity index (χ0) is 24.2. The zero-order valence-corrected chi connectivity index (χ0v) is 17.5. The third-order valence-corrected chi connectivity index (χ3v) is 5.04. The largest absolute Gasteiger partial charge is 0.493 e. The Labute approximate surface area is 187 Å². The van der Waals surface area contributed by atoms with Gasteiger partial charge >= 0.3 is 12.1 Å². The molecule has 1 heterocycles. The Kier molecular flexibility index (Phi) is 7.13. The number of alkyl halides is 3. The summed E-state index contributed by atoms with van der Waals surface area (Å²) >= 11 is 0. The topological polar surface area (TPSA) is 82.4 Å². The van der Waals surface area contributed by atoms with Crippen LogP contribution in [0.2, 0.25) is 0 Å². The number of halogens is 4. The number of hydrogen-bond donors (Lipinski definition) is 1. The molecule has 3 rings (SSSR count). The van der Waals surface area contributed by atoms with Gasteiger partial charge in [-0.05, 0) is 68.2 Å². The van der Waals surface area contributed by atoms with Crippen LogP contribution in [0.25, 0.3) is 6.08 Å². The second kappa shape index (κ2) is 9.83. The van der Waals surface area contributed by atoms with Crippen LogP contribution < -0.4 is 10.4 Å². The van der Waals surface area contributed by atoms with E-state index in [-0.39, 0.29) is 27.4 Å². The summed E-state index contributed by atoms with van der Waals surface area (Å²) in [5.41, 5.74) is 1.07. The van der Waals surface area contributed by atoms with Crippen molar-refractivity contribution < 1.29 is 32.0 Å². The number of piperidine rings is 1. The van der Waals surface area contributed by atoms with Crippen LogP contribution in [0.3, 0.4) is 0 Å². The van der Waals surface area contributed by atoms with Crippen molar-refractivity contribution in [3.05, 3.63) is 70.0 Å². The van der Waals surface area contributed by atoms with Crippen LogP contribution in [0, 0.1) is 24.1 Å². The van der Waals surface area contributed by atoms with Crippen molar-refractivity contribution >= 4 is 23.6 Å². The molecular formula is C23H19F4N3O3. The SMILES string of the molecule is Cc1c(C=C2CCNCC2)cc(F)cc1N(OC(=O)C(F)(F)F)C(=O)c1cccc(C#N)c1. The number of hydrogen-bond acceptors (Lipinski definition) is 5. The van der Waals surface area contributed by atoms with E-state index in [9.17, 15) is 27.2 Å². The molecule has 0 aliphatic carbocycles. The first-order valence-electron chi connectivity index (χ1n) is 9.94. The lowest BCUT2D eigenvalue weighted by Crippen LogP contribution is -2.39. The molecular weight excluding hydrogens is 442 g/mol. The molecule has 1 aliphatic heterocycles. The molecule has 0 spiro atoms. The van der Waals surface area contributed by atoms with E-state index in [1.807, 2.05) is 6.07 Å². The van der Waals surface area contributed by atoms with E-state index < -0.39 is 23.9 Å². The third kappa shape index (κ3) is 5.75. The highest BCUT2D eigenvalue weighted by molar-refractivity contribution is 6.06. The smallest absolute Gasteiger partial charge is 0.324 e. The van der Waals surface area contributed by atoms with Crippen LogP contribution in [-0.4, -0.2) is 31.1 Å². The molecule has 2 aromatic carbocycles. The summed E-state index contributed by atoms with van der Waals surface area (Å²) in [6.45, 7) is 2.95. The first-order valence-corrected chi connectivity index (χ1v) is 9.94. The van der Waals surface area contributed by atoms with Gasteiger partial charge in [0.05, 0.1) is 17.3 Å². The molecule has 2 aromatic rings. The van der Waals surface area contributed by atoms with Crippen molar-refractivity contribution in [2.75, 3.05) is 18.2 Å². The highest BCUT2D eigenvalue weighted by atomic mass is 19.4. The molecule has 1 N–H and O–H groups in total. The molecule has 0 aromatic heterocycles. The van der Waals surface area contributed by atoms with Gasteiger partial charge in [-0.15, -0.1) is 5.06 Å². The maximum atomic E-state index is 14.5. The molecule has 10 heteroatoms. The Bertz CT molecular complexity index is 1140. The normalized spacial score (nSPS) is 13.8. The van der Waals surface area contributed by atoms with Gasteiger partial charge in [-0.2, -0.15) is 18.4 Å². The molecule has 0 bridgehead atoms. The Hall–Kier alpha value is -3.71. The van der Waals surface area contributed by atoms with Gasteiger partial charge in [-0.3, -0.25) is 4.79 Å². The molecule has 0 unspecified atom stereocenters. The van der Waals surface area contributed by atoms with E-state index >= 15 is 0 Å². The Morgan fingerprint density at radius 3 is 2.52 bits per heavy atom. The summed E-state index contributed by atoms with van der Waals surface area (Å²) in [6, 6.07) is 8.92. The van der Waals surface area contributed by atoms with Crippen LogP contribution in [0.15, 0.2) is 42.0 Å². The van der Waals surface area contributed by atoms with Gasteiger partial charge < -0.3 is 10.2 Å². The predicted octanol–water partition coefficient (Wildman–Crippen LogP) is 4.44. The number of amides is 1. The summed E-state index contributed by atoms with van der Waals surface area (Å²) in [7, 11) is 0. The molecule has 0 saturated carbocycles. The van der Waals surface area contributed by atoms with Crippen molar-refractivity contribution in [2.24, 2.45) is 0 Å². The first kappa shape index (κ1) is 23.9. The van der Waals surface area contributed by atoms with Crippen molar-refractivity contribution in [1.82, 2.24) is 5.32 Å².